The molecule has 3 aliphatic carbocycles. The minimum absolute atomic E-state index is 0.00491. The number of allylic oxidation sites excluding steroid dienone is 4. The van der Waals surface area contributed by atoms with Crippen LogP contribution >= 0.6 is 11.8 Å². The van der Waals surface area contributed by atoms with Gasteiger partial charge in [-0.05, 0) is 97.4 Å². The van der Waals surface area contributed by atoms with Crippen molar-refractivity contribution in [1.29, 1.82) is 0 Å². The number of nitrogens with one attached hydrogen (secondary N) is 1. The molecule has 1 spiro atoms. The highest BCUT2D eigenvalue weighted by Gasteiger charge is 2.76. The van der Waals surface area contributed by atoms with Gasteiger partial charge in [-0.25, -0.2) is 4.79 Å². The van der Waals surface area contributed by atoms with Gasteiger partial charge in [-0.3, -0.25) is 4.79 Å². The van der Waals surface area contributed by atoms with E-state index in [1.165, 1.54) is 12.7 Å². The molecule has 0 amide bonds. The quantitative estimate of drug-likeness (QED) is 0.131. The number of hydrogen-bond donors (Lipinski definition) is 3. The van der Waals surface area contributed by atoms with Crippen molar-refractivity contribution >= 4 is 41.0 Å². The molecule has 54 heavy (non-hydrogen) atoms. The van der Waals surface area contributed by atoms with Crippen LogP contribution in [-0.4, -0.2) is 51.1 Å². The number of rotatable bonds is 9. The smallest absolute Gasteiger partial charge is 0.333 e. The average molecular weight is 752 g/mol. The second-order valence-corrected chi connectivity index (χ2v) is 17.8. The number of thioether (sulfide) groups is 1. The Bertz CT molecular complexity index is 2080. The number of aliphatic hydroxyl groups is 1. The number of Topliss-reactive ketones (excluding diaryl/α,β-unsaturated/α-hetero) is 1. The molecule has 6 aliphatic rings. The second kappa shape index (κ2) is 13.8. The molecule has 0 aromatic heterocycles. The molecule has 0 saturated heterocycles. The van der Waals surface area contributed by atoms with Crippen LogP contribution in [0.5, 0.6) is 17.2 Å². The van der Waals surface area contributed by atoms with E-state index in [-0.39, 0.29) is 35.0 Å². The summed E-state index contributed by atoms with van der Waals surface area (Å²) in [5, 5.41) is 29.2. The summed E-state index contributed by atoms with van der Waals surface area (Å²) in [5.74, 6) is -0.711. The number of esters is 1. The van der Waals surface area contributed by atoms with Gasteiger partial charge in [-0.2, -0.15) is 0 Å². The molecule has 3 aliphatic heterocycles. The third-order valence-electron chi connectivity index (χ3n) is 12.0. The molecule has 3 saturated carbocycles. The number of aromatic hydroxyl groups is 1. The SMILES string of the molecule is COC(=O)/C(C)=C\CC1(O)C(=O)C2CC(C(C)C)C13Oc1c(CC=C(C)C)c4c(c(O)c1C1=C3C2Sc2ccccc2N1)C=CC(C)(CCC=C(C)C)O4. The van der Waals surface area contributed by atoms with Crippen molar-refractivity contribution < 1.29 is 34.0 Å². The molecule has 3 fully saturated rings. The largest absolute Gasteiger partial charge is 0.506 e. The van der Waals surface area contributed by atoms with Gasteiger partial charge < -0.3 is 29.7 Å². The Morgan fingerprint density at radius 3 is 2.48 bits per heavy atom. The summed E-state index contributed by atoms with van der Waals surface area (Å²) in [6.07, 6.45) is 12.3. The van der Waals surface area contributed by atoms with Crippen LogP contribution in [0.2, 0.25) is 0 Å². The molecule has 8 rings (SSSR count). The number of para-hydroxylation sites is 1. The van der Waals surface area contributed by atoms with Gasteiger partial charge in [0.1, 0.15) is 22.8 Å². The first-order valence-corrected chi connectivity index (χ1v) is 20.0. The first-order valence-electron chi connectivity index (χ1n) is 19.1. The third-order valence-corrected chi connectivity index (χ3v) is 13.4. The van der Waals surface area contributed by atoms with E-state index in [1.54, 1.807) is 24.8 Å². The van der Waals surface area contributed by atoms with Crippen LogP contribution in [0.15, 0.2) is 75.8 Å². The highest BCUT2D eigenvalue weighted by atomic mass is 32.2. The van der Waals surface area contributed by atoms with Gasteiger partial charge in [-0.1, -0.05) is 55.4 Å². The molecule has 2 bridgehead atoms. The third kappa shape index (κ3) is 5.85. The van der Waals surface area contributed by atoms with E-state index in [1.807, 2.05) is 50.3 Å². The van der Waals surface area contributed by atoms with Crippen LogP contribution in [0.4, 0.5) is 5.69 Å². The van der Waals surface area contributed by atoms with E-state index >= 15 is 4.79 Å². The maximum absolute atomic E-state index is 15.0. The molecule has 0 radical (unpaired) electrons. The highest BCUT2D eigenvalue weighted by Crippen LogP contribution is 2.68. The van der Waals surface area contributed by atoms with Crippen LogP contribution < -0.4 is 14.8 Å². The average Bonchev–Trinajstić information content (AvgIpc) is 3.30. The van der Waals surface area contributed by atoms with E-state index in [0.717, 1.165) is 40.1 Å². The van der Waals surface area contributed by atoms with Crippen molar-refractivity contribution in [3.63, 3.8) is 0 Å². The van der Waals surface area contributed by atoms with Crippen molar-refractivity contribution in [3.8, 4) is 17.2 Å². The first kappa shape index (κ1) is 38.1. The van der Waals surface area contributed by atoms with Gasteiger partial charge in [0.25, 0.3) is 0 Å². The Labute approximate surface area is 323 Å². The second-order valence-electron chi connectivity index (χ2n) is 16.6. The van der Waals surface area contributed by atoms with E-state index in [2.05, 4.69) is 52.1 Å². The van der Waals surface area contributed by atoms with Crippen LogP contribution in [0, 0.1) is 17.8 Å². The van der Waals surface area contributed by atoms with Crippen molar-refractivity contribution in [2.75, 3.05) is 12.4 Å². The van der Waals surface area contributed by atoms with Crippen molar-refractivity contribution in [2.45, 2.75) is 114 Å². The number of phenolic OH excluding ortho intramolecular Hbond substituents is 1. The minimum atomic E-state index is -2.05. The standard InChI is InChI=1S/C45H53NO7S/c1-24(2)13-12-20-43(8)21-19-28-37(47)34-36-35-40(54-33-15-11-10-14-32(33)46-36)30-23-31(26(5)6)45(35,44(50,41(30)48)22-18-27(7)42(49)51-9)53-39(34)29(38(28)52-43)17-16-25(3)4/h10-11,13-16,18-19,21,26,30-31,40,46-47,50H,12,17,20,22-23H2,1-9H3/b27-18-. The molecule has 9 heteroatoms. The lowest BCUT2D eigenvalue weighted by Gasteiger charge is -2.64. The molecule has 3 heterocycles. The fourth-order valence-corrected chi connectivity index (χ4v) is 10.7. The van der Waals surface area contributed by atoms with E-state index in [4.69, 9.17) is 14.2 Å². The van der Waals surface area contributed by atoms with Crippen molar-refractivity contribution in [1.82, 2.24) is 0 Å². The number of ether oxygens (including phenoxy) is 3. The van der Waals surface area contributed by atoms with Crippen LogP contribution in [0.3, 0.4) is 0 Å². The van der Waals surface area contributed by atoms with E-state index in [0.29, 0.717) is 46.7 Å². The lowest BCUT2D eigenvalue weighted by molar-refractivity contribution is -0.203. The molecule has 6 unspecified atom stereocenters. The summed E-state index contributed by atoms with van der Waals surface area (Å²) in [6.45, 7) is 16.2. The fraction of sp³-hybridized carbons (Fsp3) is 0.467. The van der Waals surface area contributed by atoms with Crippen molar-refractivity contribution in [2.24, 2.45) is 17.8 Å². The topological polar surface area (TPSA) is 114 Å². The molecular formula is C45H53NO7S. The van der Waals surface area contributed by atoms with Gasteiger partial charge in [0.05, 0.1) is 29.6 Å². The Morgan fingerprint density at radius 1 is 1.07 bits per heavy atom. The Morgan fingerprint density at radius 2 is 1.80 bits per heavy atom. The first-order chi connectivity index (χ1) is 25.6. The molecule has 6 atom stereocenters. The number of phenols is 1. The van der Waals surface area contributed by atoms with Gasteiger partial charge >= 0.3 is 5.97 Å². The normalized spacial score (nSPS) is 28.8. The molecule has 2 aromatic rings. The number of carbonyl (C=O) groups is 2. The van der Waals surface area contributed by atoms with E-state index in [9.17, 15) is 15.0 Å². The Balaban J connectivity index is 1.55. The predicted molar refractivity (Wildman–Crippen MR) is 215 cm³/mol. The zero-order chi connectivity index (χ0) is 38.9. The predicted octanol–water partition coefficient (Wildman–Crippen LogP) is 9.36. The molecule has 2 aromatic carbocycles. The number of benzene rings is 2. The van der Waals surface area contributed by atoms with Gasteiger partial charge in [0, 0.05) is 45.1 Å². The summed E-state index contributed by atoms with van der Waals surface area (Å²) in [4.78, 5) is 28.6. The molecule has 286 valence electrons. The minimum Gasteiger partial charge on any atom is -0.506 e. The maximum atomic E-state index is 15.0. The Hall–Kier alpha value is -4.21. The van der Waals surface area contributed by atoms with Gasteiger partial charge in [0.2, 0.25) is 0 Å². The zero-order valence-corrected chi connectivity index (χ0v) is 33.7. The van der Waals surface area contributed by atoms with Gasteiger partial charge in [-0.15, -0.1) is 11.8 Å². The summed E-state index contributed by atoms with van der Waals surface area (Å²) in [5.41, 5.74) is 2.47. The Kier molecular flexibility index (Phi) is 9.75. The van der Waals surface area contributed by atoms with E-state index < -0.39 is 28.7 Å². The fourth-order valence-electron chi connectivity index (χ4n) is 9.21. The van der Waals surface area contributed by atoms with Crippen LogP contribution in [0.1, 0.15) is 97.8 Å². The number of hydrogen-bond acceptors (Lipinski definition) is 9. The lowest BCUT2D eigenvalue weighted by atomic mass is 9.47. The summed E-state index contributed by atoms with van der Waals surface area (Å²) < 4.78 is 19.5. The number of fused-ring (bicyclic) bond motifs is 6. The van der Waals surface area contributed by atoms with Crippen LogP contribution in [0.25, 0.3) is 11.8 Å². The lowest BCUT2D eigenvalue weighted by Crippen LogP contribution is -2.78. The summed E-state index contributed by atoms with van der Waals surface area (Å²) in [6, 6.07) is 8.00. The number of ketones is 1. The summed E-state index contributed by atoms with van der Waals surface area (Å²) in [7, 11) is 1.31. The van der Waals surface area contributed by atoms with Crippen LogP contribution in [-0.2, 0) is 20.7 Å². The number of anilines is 1. The number of methoxy groups -OCH3 is 1. The zero-order valence-electron chi connectivity index (χ0n) is 32.9. The summed E-state index contributed by atoms with van der Waals surface area (Å²) >= 11 is 1.61. The monoisotopic (exact) mass is 751 g/mol. The maximum Gasteiger partial charge on any atom is 0.333 e. The molecule has 3 N–H and O–H groups in total. The highest BCUT2D eigenvalue weighted by molar-refractivity contribution is 8.00. The molecular weight excluding hydrogens is 699 g/mol. The molecule has 8 nitrogen and oxygen atoms in total. The number of carbonyl (C=O) groups excluding carboxylic acids is 2. The van der Waals surface area contributed by atoms with Crippen molar-refractivity contribution in [3.05, 3.63) is 87.6 Å². The van der Waals surface area contributed by atoms with Gasteiger partial charge in [0.15, 0.2) is 17.0 Å².